The molecule has 0 aliphatic heterocycles. The molecular formula is C16H17ClN2. The average Bonchev–Trinajstić information content (AvgIpc) is 3.22. The van der Waals surface area contributed by atoms with Crippen molar-refractivity contribution in [3.05, 3.63) is 46.7 Å². The molecule has 0 radical (unpaired) electrons. The summed E-state index contributed by atoms with van der Waals surface area (Å²) in [6.07, 6.45) is 2.44. The summed E-state index contributed by atoms with van der Waals surface area (Å²) in [7, 11) is 0. The van der Waals surface area contributed by atoms with Gasteiger partial charge in [0.05, 0.1) is 0 Å². The summed E-state index contributed by atoms with van der Waals surface area (Å²) in [5, 5.41) is 0.542. The first kappa shape index (κ1) is 12.6. The smallest absolute Gasteiger partial charge is 0.161 e. The highest BCUT2D eigenvalue weighted by atomic mass is 35.5. The second kappa shape index (κ2) is 4.93. The molecule has 0 amide bonds. The van der Waals surface area contributed by atoms with Crippen LogP contribution in [0.3, 0.4) is 0 Å². The molecule has 1 aliphatic carbocycles. The zero-order valence-corrected chi connectivity index (χ0v) is 12.0. The third-order valence-corrected chi connectivity index (χ3v) is 3.74. The van der Waals surface area contributed by atoms with Gasteiger partial charge in [0.25, 0.3) is 0 Å². The van der Waals surface area contributed by atoms with E-state index in [0.29, 0.717) is 17.0 Å². The molecular weight excluding hydrogens is 256 g/mol. The van der Waals surface area contributed by atoms with Crippen molar-refractivity contribution in [2.75, 3.05) is 0 Å². The molecule has 1 aromatic heterocycles. The van der Waals surface area contributed by atoms with E-state index in [1.54, 1.807) is 0 Å². The third-order valence-electron chi connectivity index (χ3n) is 3.55. The van der Waals surface area contributed by atoms with Gasteiger partial charge in [-0.1, -0.05) is 49.7 Å². The van der Waals surface area contributed by atoms with Crippen LogP contribution in [0.5, 0.6) is 0 Å². The Morgan fingerprint density at radius 3 is 2.37 bits per heavy atom. The maximum atomic E-state index is 6.10. The highest BCUT2D eigenvalue weighted by Gasteiger charge is 2.26. The minimum atomic E-state index is 0.538. The summed E-state index contributed by atoms with van der Waals surface area (Å²) in [6.45, 7) is 4.38. The van der Waals surface area contributed by atoms with Crippen LogP contribution in [0, 0.1) is 0 Å². The molecule has 3 heteroatoms. The second-order valence-corrected chi connectivity index (χ2v) is 5.88. The van der Waals surface area contributed by atoms with Crippen molar-refractivity contribution in [1.29, 1.82) is 0 Å². The van der Waals surface area contributed by atoms with Crippen molar-refractivity contribution in [2.45, 2.75) is 38.5 Å². The van der Waals surface area contributed by atoms with Crippen molar-refractivity contribution in [2.24, 2.45) is 0 Å². The molecule has 0 atom stereocenters. The van der Waals surface area contributed by atoms with Crippen molar-refractivity contribution in [3.63, 3.8) is 0 Å². The van der Waals surface area contributed by atoms with Gasteiger partial charge in [0.2, 0.25) is 0 Å². The van der Waals surface area contributed by atoms with Gasteiger partial charge in [-0.2, -0.15) is 0 Å². The van der Waals surface area contributed by atoms with Gasteiger partial charge in [0.1, 0.15) is 5.15 Å². The van der Waals surface area contributed by atoms with E-state index < -0.39 is 0 Å². The fourth-order valence-corrected chi connectivity index (χ4v) is 2.36. The Balaban J connectivity index is 1.96. The Bertz CT molecular complexity index is 586. The van der Waals surface area contributed by atoms with Gasteiger partial charge >= 0.3 is 0 Å². The minimum absolute atomic E-state index is 0.538. The van der Waals surface area contributed by atoms with Crippen LogP contribution in [0.25, 0.3) is 11.4 Å². The quantitative estimate of drug-likeness (QED) is 0.750. The summed E-state index contributed by atoms with van der Waals surface area (Å²) >= 11 is 6.10. The predicted molar refractivity (Wildman–Crippen MR) is 78.5 cm³/mol. The number of hydrogen-bond donors (Lipinski definition) is 0. The number of hydrogen-bond acceptors (Lipinski definition) is 2. The fourth-order valence-electron chi connectivity index (χ4n) is 2.17. The Kier molecular flexibility index (Phi) is 3.28. The lowest BCUT2D eigenvalue weighted by atomic mass is 10.0. The largest absolute Gasteiger partial charge is 0.233 e. The molecule has 1 aromatic carbocycles. The lowest BCUT2D eigenvalue weighted by Crippen LogP contribution is -1.95. The molecule has 1 heterocycles. The Hall–Kier alpha value is -1.41. The number of rotatable bonds is 3. The highest BCUT2D eigenvalue weighted by molar-refractivity contribution is 6.29. The highest BCUT2D eigenvalue weighted by Crippen LogP contribution is 2.40. The average molecular weight is 273 g/mol. The van der Waals surface area contributed by atoms with E-state index in [4.69, 9.17) is 11.6 Å². The first-order chi connectivity index (χ1) is 9.13. The van der Waals surface area contributed by atoms with Gasteiger partial charge in [-0.15, -0.1) is 0 Å². The van der Waals surface area contributed by atoms with Crippen LogP contribution in [0.15, 0.2) is 30.3 Å². The molecule has 19 heavy (non-hydrogen) atoms. The number of benzene rings is 1. The van der Waals surface area contributed by atoms with E-state index in [0.717, 1.165) is 17.1 Å². The topological polar surface area (TPSA) is 25.8 Å². The minimum Gasteiger partial charge on any atom is -0.233 e. The van der Waals surface area contributed by atoms with Crippen molar-refractivity contribution in [3.8, 4) is 11.4 Å². The summed E-state index contributed by atoms with van der Waals surface area (Å²) in [5.74, 6) is 1.87. The van der Waals surface area contributed by atoms with Crippen molar-refractivity contribution < 1.29 is 0 Å². The molecule has 0 bridgehead atoms. The number of nitrogens with zero attached hydrogens (tertiary/aromatic N) is 2. The number of halogens is 1. The normalized spacial score (nSPS) is 14.9. The molecule has 1 fully saturated rings. The Morgan fingerprint density at radius 1 is 1.11 bits per heavy atom. The van der Waals surface area contributed by atoms with E-state index in [9.17, 15) is 0 Å². The van der Waals surface area contributed by atoms with Crippen LogP contribution < -0.4 is 0 Å². The summed E-state index contributed by atoms with van der Waals surface area (Å²) in [4.78, 5) is 8.99. The summed E-state index contributed by atoms with van der Waals surface area (Å²) < 4.78 is 0. The lowest BCUT2D eigenvalue weighted by molar-refractivity contribution is 0.866. The molecule has 3 rings (SSSR count). The molecule has 98 valence electrons. The van der Waals surface area contributed by atoms with Crippen LogP contribution in [0.4, 0.5) is 0 Å². The molecule has 0 N–H and O–H groups in total. The van der Waals surface area contributed by atoms with E-state index in [1.807, 2.05) is 6.07 Å². The predicted octanol–water partition coefficient (Wildman–Crippen LogP) is 4.80. The van der Waals surface area contributed by atoms with Gasteiger partial charge in [0, 0.05) is 17.2 Å². The van der Waals surface area contributed by atoms with Gasteiger partial charge in [0.15, 0.2) is 5.82 Å². The van der Waals surface area contributed by atoms with E-state index in [-0.39, 0.29) is 0 Å². The van der Waals surface area contributed by atoms with Gasteiger partial charge in [-0.05, 0) is 30.4 Å². The molecule has 2 aromatic rings. The second-order valence-electron chi connectivity index (χ2n) is 5.49. The zero-order chi connectivity index (χ0) is 13.4. The Labute approximate surface area is 118 Å². The molecule has 2 nitrogen and oxygen atoms in total. The van der Waals surface area contributed by atoms with Crippen molar-refractivity contribution in [1.82, 2.24) is 9.97 Å². The van der Waals surface area contributed by atoms with Crippen LogP contribution in [-0.2, 0) is 0 Å². The summed E-state index contributed by atoms with van der Waals surface area (Å²) in [5.41, 5.74) is 3.45. The standard InChI is InChI=1S/C16H17ClN2/c1-10(2)11-3-7-13(8-4-11)16-18-14(12-5-6-12)9-15(17)19-16/h3-4,7-10,12H,5-6H2,1-2H3. The van der Waals surface area contributed by atoms with Crippen LogP contribution in [0.2, 0.25) is 5.15 Å². The molecule has 0 saturated heterocycles. The SMILES string of the molecule is CC(C)c1ccc(-c2nc(Cl)cc(C3CC3)n2)cc1. The van der Waals surface area contributed by atoms with Gasteiger partial charge < -0.3 is 0 Å². The monoisotopic (exact) mass is 272 g/mol. The van der Waals surface area contributed by atoms with E-state index in [1.165, 1.54) is 18.4 Å². The molecule has 0 unspecified atom stereocenters. The Morgan fingerprint density at radius 2 is 1.79 bits per heavy atom. The van der Waals surface area contributed by atoms with Gasteiger partial charge in [-0.3, -0.25) is 0 Å². The number of aromatic nitrogens is 2. The van der Waals surface area contributed by atoms with Crippen molar-refractivity contribution >= 4 is 11.6 Å². The maximum absolute atomic E-state index is 6.10. The fraction of sp³-hybridized carbons (Fsp3) is 0.375. The van der Waals surface area contributed by atoms with Crippen LogP contribution >= 0.6 is 11.6 Å². The van der Waals surface area contributed by atoms with E-state index >= 15 is 0 Å². The molecule has 0 spiro atoms. The third kappa shape index (κ3) is 2.79. The van der Waals surface area contributed by atoms with E-state index in [2.05, 4.69) is 48.1 Å². The van der Waals surface area contributed by atoms with Crippen LogP contribution in [-0.4, -0.2) is 9.97 Å². The molecule has 1 aliphatic rings. The lowest BCUT2D eigenvalue weighted by Gasteiger charge is -2.07. The zero-order valence-electron chi connectivity index (χ0n) is 11.2. The van der Waals surface area contributed by atoms with Gasteiger partial charge in [-0.25, -0.2) is 9.97 Å². The maximum Gasteiger partial charge on any atom is 0.161 e. The molecule has 1 saturated carbocycles. The first-order valence-electron chi connectivity index (χ1n) is 6.78. The van der Waals surface area contributed by atoms with Crippen LogP contribution in [0.1, 0.15) is 49.8 Å². The summed E-state index contributed by atoms with van der Waals surface area (Å²) in [6, 6.07) is 10.3. The first-order valence-corrected chi connectivity index (χ1v) is 7.16.